The third-order valence-corrected chi connectivity index (χ3v) is 2.28. The highest BCUT2D eigenvalue weighted by molar-refractivity contribution is 5.92. The Morgan fingerprint density at radius 3 is 2.65 bits per heavy atom. The molecule has 0 aromatic carbocycles. The predicted molar refractivity (Wildman–Crippen MR) is 62.3 cm³/mol. The Kier molecular flexibility index (Phi) is 2.91. The molecule has 2 rings (SSSR count). The van der Waals surface area contributed by atoms with Crippen LogP contribution in [0.3, 0.4) is 0 Å². The molecule has 0 radical (unpaired) electrons. The summed E-state index contributed by atoms with van der Waals surface area (Å²) in [6.07, 6.45) is 1.53. The summed E-state index contributed by atoms with van der Waals surface area (Å²) in [5.74, 6) is 1.16. The van der Waals surface area contributed by atoms with E-state index in [0.717, 1.165) is 5.69 Å². The number of hydrogen-bond donors (Lipinski definition) is 0. The first-order valence-electron chi connectivity index (χ1n) is 5.22. The summed E-state index contributed by atoms with van der Waals surface area (Å²) in [7, 11) is 1.81. The van der Waals surface area contributed by atoms with Crippen LogP contribution in [0.15, 0.2) is 24.4 Å². The molecule has 0 aliphatic carbocycles. The fourth-order valence-corrected chi connectivity index (χ4v) is 1.45. The predicted octanol–water partition coefficient (Wildman–Crippen LogP) is 2.12. The van der Waals surface area contributed by atoms with Crippen LogP contribution in [0.2, 0.25) is 0 Å². The molecule has 0 N–H and O–H groups in total. The molecule has 88 valence electrons. The van der Waals surface area contributed by atoms with Gasteiger partial charge >= 0.3 is 0 Å². The lowest BCUT2D eigenvalue weighted by atomic mass is 10.3. The quantitative estimate of drug-likeness (QED) is 0.759. The van der Waals surface area contributed by atoms with Gasteiger partial charge in [0.05, 0.1) is 11.9 Å². The van der Waals surface area contributed by atoms with Gasteiger partial charge in [0, 0.05) is 20.0 Å². The van der Waals surface area contributed by atoms with Gasteiger partial charge in [-0.05, 0) is 19.1 Å². The number of aryl methyl sites for hydroxylation is 2. The molecule has 0 aliphatic rings. The van der Waals surface area contributed by atoms with Gasteiger partial charge in [0.1, 0.15) is 11.4 Å². The van der Waals surface area contributed by atoms with Gasteiger partial charge in [-0.2, -0.15) is 5.10 Å². The second-order valence-corrected chi connectivity index (χ2v) is 3.78. The monoisotopic (exact) mass is 231 g/mol. The van der Waals surface area contributed by atoms with Crippen molar-refractivity contribution in [1.29, 1.82) is 0 Å². The molecule has 17 heavy (non-hydrogen) atoms. The van der Waals surface area contributed by atoms with E-state index in [9.17, 15) is 4.79 Å². The van der Waals surface area contributed by atoms with Crippen LogP contribution in [0.4, 0.5) is 0 Å². The van der Waals surface area contributed by atoms with Crippen LogP contribution in [-0.2, 0) is 7.05 Å². The van der Waals surface area contributed by atoms with Gasteiger partial charge in [-0.15, -0.1) is 0 Å². The third-order valence-electron chi connectivity index (χ3n) is 2.28. The number of carbonyl (C=O) groups is 1. The first kappa shape index (κ1) is 11.3. The molecule has 0 bridgehead atoms. The minimum absolute atomic E-state index is 0.0621. The Hall–Kier alpha value is -2.17. The van der Waals surface area contributed by atoms with Crippen molar-refractivity contribution in [3.8, 4) is 11.6 Å². The van der Waals surface area contributed by atoms with Crippen molar-refractivity contribution < 1.29 is 9.53 Å². The van der Waals surface area contributed by atoms with Crippen LogP contribution in [-0.4, -0.2) is 20.5 Å². The highest BCUT2D eigenvalue weighted by Gasteiger charge is 2.06. The van der Waals surface area contributed by atoms with Crippen LogP contribution in [0, 0.1) is 6.92 Å². The van der Waals surface area contributed by atoms with Gasteiger partial charge < -0.3 is 4.74 Å². The van der Waals surface area contributed by atoms with Gasteiger partial charge in [0.15, 0.2) is 5.78 Å². The summed E-state index contributed by atoms with van der Waals surface area (Å²) in [5.41, 5.74) is 1.31. The van der Waals surface area contributed by atoms with Crippen LogP contribution in [0.1, 0.15) is 23.1 Å². The van der Waals surface area contributed by atoms with Crippen molar-refractivity contribution in [3.05, 3.63) is 35.8 Å². The third kappa shape index (κ3) is 2.50. The van der Waals surface area contributed by atoms with E-state index in [4.69, 9.17) is 4.74 Å². The number of hydrogen-bond acceptors (Lipinski definition) is 4. The van der Waals surface area contributed by atoms with Crippen molar-refractivity contribution in [2.75, 3.05) is 0 Å². The molecule has 0 unspecified atom stereocenters. The molecule has 2 aromatic rings. The van der Waals surface area contributed by atoms with Crippen LogP contribution in [0.5, 0.6) is 11.6 Å². The summed E-state index contributed by atoms with van der Waals surface area (Å²) >= 11 is 0. The zero-order chi connectivity index (χ0) is 12.4. The smallest absolute Gasteiger partial charge is 0.217 e. The molecule has 0 saturated heterocycles. The van der Waals surface area contributed by atoms with Crippen LogP contribution < -0.4 is 4.74 Å². The average Bonchev–Trinajstić information content (AvgIpc) is 2.58. The molecule has 2 aromatic heterocycles. The molecule has 5 heteroatoms. The first-order valence-corrected chi connectivity index (χ1v) is 5.22. The van der Waals surface area contributed by atoms with Crippen LogP contribution >= 0.6 is 0 Å². The average molecular weight is 231 g/mol. The summed E-state index contributed by atoms with van der Waals surface area (Å²) in [4.78, 5) is 15.1. The minimum atomic E-state index is -0.0621. The van der Waals surface area contributed by atoms with E-state index in [0.29, 0.717) is 17.3 Å². The van der Waals surface area contributed by atoms with E-state index in [1.165, 1.54) is 13.1 Å². The zero-order valence-electron chi connectivity index (χ0n) is 9.97. The Morgan fingerprint density at radius 2 is 2.18 bits per heavy atom. The second kappa shape index (κ2) is 4.37. The lowest BCUT2D eigenvalue weighted by Gasteiger charge is -2.04. The normalized spacial score (nSPS) is 10.3. The first-order chi connectivity index (χ1) is 8.06. The number of carbonyl (C=O) groups excluding carboxylic acids is 1. The van der Waals surface area contributed by atoms with E-state index in [2.05, 4.69) is 10.1 Å². The van der Waals surface area contributed by atoms with Gasteiger partial charge in [-0.3, -0.25) is 4.79 Å². The van der Waals surface area contributed by atoms with Crippen molar-refractivity contribution in [3.63, 3.8) is 0 Å². The summed E-state index contributed by atoms with van der Waals surface area (Å²) in [6.45, 7) is 3.37. The number of ketones is 1. The minimum Gasteiger partial charge on any atom is -0.438 e. The summed E-state index contributed by atoms with van der Waals surface area (Å²) in [6, 6.07) is 5.19. The number of Topliss-reactive ketones (excluding diaryl/α,β-unsaturated/α-hetero) is 1. The molecule has 0 aliphatic heterocycles. The highest BCUT2D eigenvalue weighted by atomic mass is 16.5. The molecule has 0 spiro atoms. The lowest BCUT2D eigenvalue weighted by Crippen LogP contribution is -1.98. The number of rotatable bonds is 3. The molecule has 0 atom stereocenters. The molecular weight excluding hydrogens is 218 g/mol. The number of aromatic nitrogens is 3. The Balaban J connectivity index is 2.19. The summed E-state index contributed by atoms with van der Waals surface area (Å²) < 4.78 is 7.24. The Morgan fingerprint density at radius 1 is 1.41 bits per heavy atom. The number of pyridine rings is 1. The Bertz CT molecular complexity index is 543. The fraction of sp³-hybridized carbons (Fsp3) is 0.250. The second-order valence-electron chi connectivity index (χ2n) is 3.78. The van der Waals surface area contributed by atoms with E-state index < -0.39 is 0 Å². The standard InChI is InChI=1S/C12H13N3O2/c1-8-6-12(15(3)14-8)17-10-4-5-11(9(2)16)13-7-10/h4-7H,1-3H3. The Labute approximate surface area is 99.1 Å². The van der Waals surface area contributed by atoms with Crippen LogP contribution in [0.25, 0.3) is 0 Å². The maximum absolute atomic E-state index is 11.1. The van der Waals surface area contributed by atoms with Crippen molar-refractivity contribution in [2.24, 2.45) is 7.05 Å². The molecular formula is C12H13N3O2. The molecule has 5 nitrogen and oxygen atoms in total. The zero-order valence-corrected chi connectivity index (χ0v) is 9.97. The molecule has 0 fully saturated rings. The van der Waals surface area contributed by atoms with E-state index in [1.54, 1.807) is 23.9 Å². The lowest BCUT2D eigenvalue weighted by molar-refractivity contribution is 0.101. The SMILES string of the molecule is CC(=O)c1ccc(Oc2cc(C)nn2C)cn1. The van der Waals surface area contributed by atoms with Gasteiger partial charge in [-0.1, -0.05) is 0 Å². The highest BCUT2D eigenvalue weighted by Crippen LogP contribution is 2.20. The summed E-state index contributed by atoms with van der Waals surface area (Å²) in [5, 5.41) is 4.17. The van der Waals surface area contributed by atoms with E-state index in [1.807, 2.05) is 13.0 Å². The van der Waals surface area contributed by atoms with Gasteiger partial charge in [0.2, 0.25) is 5.88 Å². The van der Waals surface area contributed by atoms with E-state index >= 15 is 0 Å². The van der Waals surface area contributed by atoms with Gasteiger partial charge in [0.25, 0.3) is 0 Å². The van der Waals surface area contributed by atoms with E-state index in [-0.39, 0.29) is 5.78 Å². The fourth-order valence-electron chi connectivity index (χ4n) is 1.45. The molecule has 0 saturated carbocycles. The van der Waals surface area contributed by atoms with Crippen molar-refractivity contribution in [2.45, 2.75) is 13.8 Å². The van der Waals surface area contributed by atoms with Crippen molar-refractivity contribution >= 4 is 5.78 Å². The number of nitrogens with zero attached hydrogens (tertiary/aromatic N) is 3. The number of ether oxygens (including phenoxy) is 1. The van der Waals surface area contributed by atoms with Gasteiger partial charge in [-0.25, -0.2) is 9.67 Å². The molecule has 0 amide bonds. The molecule has 2 heterocycles. The maximum Gasteiger partial charge on any atom is 0.217 e. The largest absolute Gasteiger partial charge is 0.438 e. The topological polar surface area (TPSA) is 57.0 Å². The van der Waals surface area contributed by atoms with Crippen molar-refractivity contribution in [1.82, 2.24) is 14.8 Å². The maximum atomic E-state index is 11.1.